The molecule has 0 saturated heterocycles. The van der Waals surface area contributed by atoms with Crippen molar-refractivity contribution in [3.8, 4) is 5.75 Å². The third-order valence-corrected chi connectivity index (χ3v) is 4.66. The smallest absolute Gasteiger partial charge is 0.265 e. The lowest BCUT2D eigenvalue weighted by molar-refractivity contribution is -0.120. The SMILES string of the molecule is CC(C)N(C(=O)COc1ccc(C(=O)c2ccc(Cl)cc2)cc1)c1ccccc1. The lowest BCUT2D eigenvalue weighted by Gasteiger charge is -2.26. The first-order valence-corrected chi connectivity index (χ1v) is 9.74. The van der Waals surface area contributed by atoms with E-state index in [0.717, 1.165) is 5.69 Å². The average Bonchev–Trinajstić information content (AvgIpc) is 2.73. The van der Waals surface area contributed by atoms with E-state index in [0.29, 0.717) is 21.9 Å². The van der Waals surface area contributed by atoms with Crippen LogP contribution in [-0.4, -0.2) is 24.3 Å². The molecule has 0 aromatic heterocycles. The van der Waals surface area contributed by atoms with E-state index in [2.05, 4.69) is 0 Å². The number of carbonyl (C=O) groups excluding carboxylic acids is 2. The van der Waals surface area contributed by atoms with Crippen molar-refractivity contribution < 1.29 is 14.3 Å². The summed E-state index contributed by atoms with van der Waals surface area (Å²) in [5.41, 5.74) is 1.94. The minimum absolute atomic E-state index is 0.00729. The first-order chi connectivity index (χ1) is 14.0. The minimum Gasteiger partial charge on any atom is -0.484 e. The number of carbonyl (C=O) groups is 2. The molecule has 3 aromatic rings. The van der Waals surface area contributed by atoms with Crippen LogP contribution >= 0.6 is 11.6 Å². The highest BCUT2D eigenvalue weighted by Crippen LogP contribution is 2.19. The molecule has 1 amide bonds. The molecular formula is C24H22ClNO3. The number of hydrogen-bond acceptors (Lipinski definition) is 3. The Labute approximate surface area is 175 Å². The molecule has 148 valence electrons. The summed E-state index contributed by atoms with van der Waals surface area (Å²) < 4.78 is 5.66. The number of rotatable bonds is 7. The van der Waals surface area contributed by atoms with E-state index < -0.39 is 0 Å². The molecule has 0 radical (unpaired) electrons. The van der Waals surface area contributed by atoms with Crippen molar-refractivity contribution in [2.45, 2.75) is 19.9 Å². The fraction of sp³-hybridized carbons (Fsp3) is 0.167. The van der Waals surface area contributed by atoms with Crippen LogP contribution in [0.15, 0.2) is 78.9 Å². The van der Waals surface area contributed by atoms with Gasteiger partial charge in [-0.25, -0.2) is 0 Å². The van der Waals surface area contributed by atoms with Crippen molar-refractivity contribution in [1.29, 1.82) is 0 Å². The van der Waals surface area contributed by atoms with Gasteiger partial charge in [-0.3, -0.25) is 9.59 Å². The molecule has 3 aromatic carbocycles. The van der Waals surface area contributed by atoms with Gasteiger partial charge in [0.1, 0.15) is 5.75 Å². The normalized spacial score (nSPS) is 10.6. The molecule has 0 aliphatic rings. The molecule has 4 nitrogen and oxygen atoms in total. The van der Waals surface area contributed by atoms with Crippen molar-refractivity contribution >= 4 is 29.0 Å². The second-order valence-electron chi connectivity index (χ2n) is 6.84. The number of amides is 1. The van der Waals surface area contributed by atoms with Gasteiger partial charge < -0.3 is 9.64 Å². The standard InChI is InChI=1S/C24H22ClNO3/c1-17(2)26(21-6-4-3-5-7-21)23(27)16-29-22-14-10-19(11-15-22)24(28)18-8-12-20(25)13-9-18/h3-15,17H,16H2,1-2H3. The minimum atomic E-state index is -0.132. The number of halogens is 1. The Bertz CT molecular complexity index is 967. The zero-order chi connectivity index (χ0) is 20.8. The van der Waals surface area contributed by atoms with Gasteiger partial charge >= 0.3 is 0 Å². The van der Waals surface area contributed by atoms with Gasteiger partial charge in [-0.05, 0) is 74.5 Å². The van der Waals surface area contributed by atoms with Crippen molar-refractivity contribution in [2.75, 3.05) is 11.5 Å². The van der Waals surface area contributed by atoms with Crippen molar-refractivity contribution in [1.82, 2.24) is 0 Å². The monoisotopic (exact) mass is 407 g/mol. The molecule has 3 rings (SSSR count). The van der Waals surface area contributed by atoms with E-state index in [4.69, 9.17) is 16.3 Å². The lowest BCUT2D eigenvalue weighted by atomic mass is 10.0. The molecule has 0 bridgehead atoms. The maximum Gasteiger partial charge on any atom is 0.265 e. The molecule has 0 fully saturated rings. The highest BCUT2D eigenvalue weighted by molar-refractivity contribution is 6.30. The first-order valence-electron chi connectivity index (χ1n) is 9.36. The highest BCUT2D eigenvalue weighted by Gasteiger charge is 2.19. The summed E-state index contributed by atoms with van der Waals surface area (Å²) >= 11 is 5.87. The number of benzene rings is 3. The summed E-state index contributed by atoms with van der Waals surface area (Å²) in [6, 6.07) is 23.0. The van der Waals surface area contributed by atoms with Crippen LogP contribution < -0.4 is 9.64 Å². The second kappa shape index (κ2) is 9.39. The van der Waals surface area contributed by atoms with E-state index in [-0.39, 0.29) is 24.3 Å². The molecule has 0 spiro atoms. The van der Waals surface area contributed by atoms with Crippen molar-refractivity contribution in [3.05, 3.63) is 95.0 Å². The van der Waals surface area contributed by atoms with Crippen LogP contribution in [0.3, 0.4) is 0 Å². The predicted molar refractivity (Wildman–Crippen MR) is 116 cm³/mol. The Hall–Kier alpha value is -3.11. The van der Waals surface area contributed by atoms with Gasteiger partial charge in [-0.15, -0.1) is 0 Å². The van der Waals surface area contributed by atoms with Gasteiger partial charge in [0, 0.05) is 27.9 Å². The number of anilines is 1. The molecule has 0 unspecified atom stereocenters. The van der Waals surface area contributed by atoms with Crippen LogP contribution in [0.4, 0.5) is 5.69 Å². The quantitative estimate of drug-likeness (QED) is 0.493. The number of hydrogen-bond donors (Lipinski definition) is 0. The summed E-state index contributed by atoms with van der Waals surface area (Å²) in [5, 5.41) is 0.584. The van der Waals surface area contributed by atoms with Crippen molar-refractivity contribution in [3.63, 3.8) is 0 Å². The summed E-state index contributed by atoms with van der Waals surface area (Å²) in [6.45, 7) is 3.84. The van der Waals surface area contributed by atoms with E-state index in [1.165, 1.54) is 0 Å². The van der Waals surface area contributed by atoms with Crippen LogP contribution in [0.5, 0.6) is 5.75 Å². The molecule has 0 aliphatic carbocycles. The Balaban J connectivity index is 1.64. The molecule has 29 heavy (non-hydrogen) atoms. The molecule has 0 aliphatic heterocycles. The maximum atomic E-state index is 12.7. The average molecular weight is 408 g/mol. The Morgan fingerprint density at radius 2 is 1.41 bits per heavy atom. The predicted octanol–water partition coefficient (Wildman–Crippen LogP) is 5.39. The van der Waals surface area contributed by atoms with E-state index in [1.807, 2.05) is 44.2 Å². The van der Waals surface area contributed by atoms with Gasteiger partial charge in [-0.2, -0.15) is 0 Å². The first kappa shape index (κ1) is 20.6. The van der Waals surface area contributed by atoms with Crippen LogP contribution in [0, 0.1) is 0 Å². The van der Waals surface area contributed by atoms with Gasteiger partial charge in [-0.1, -0.05) is 29.8 Å². The molecule has 0 saturated carbocycles. The largest absolute Gasteiger partial charge is 0.484 e. The van der Waals surface area contributed by atoms with Gasteiger partial charge in [0.25, 0.3) is 5.91 Å². The molecule has 0 heterocycles. The molecule has 5 heteroatoms. The zero-order valence-corrected chi connectivity index (χ0v) is 17.1. The molecule has 0 N–H and O–H groups in total. The van der Waals surface area contributed by atoms with Gasteiger partial charge in [0.05, 0.1) is 0 Å². The Morgan fingerprint density at radius 3 is 1.97 bits per heavy atom. The zero-order valence-electron chi connectivity index (χ0n) is 16.3. The number of para-hydroxylation sites is 1. The number of nitrogens with zero attached hydrogens (tertiary/aromatic N) is 1. The van der Waals surface area contributed by atoms with Crippen LogP contribution in [0.2, 0.25) is 5.02 Å². The van der Waals surface area contributed by atoms with Crippen molar-refractivity contribution in [2.24, 2.45) is 0 Å². The van der Waals surface area contributed by atoms with Crippen LogP contribution in [0.25, 0.3) is 0 Å². The van der Waals surface area contributed by atoms with E-state index >= 15 is 0 Å². The molecule has 0 atom stereocenters. The summed E-state index contributed by atoms with van der Waals surface area (Å²) in [5.74, 6) is 0.301. The molecular weight excluding hydrogens is 386 g/mol. The second-order valence-corrected chi connectivity index (χ2v) is 7.28. The van der Waals surface area contributed by atoms with Gasteiger partial charge in [0.15, 0.2) is 12.4 Å². The maximum absolute atomic E-state index is 12.7. The summed E-state index contributed by atoms with van der Waals surface area (Å²) in [7, 11) is 0. The number of ether oxygens (including phenoxy) is 1. The highest BCUT2D eigenvalue weighted by atomic mass is 35.5. The Morgan fingerprint density at radius 1 is 0.862 bits per heavy atom. The summed E-state index contributed by atoms with van der Waals surface area (Å²) in [4.78, 5) is 26.9. The third-order valence-electron chi connectivity index (χ3n) is 4.40. The van der Waals surface area contributed by atoms with E-state index in [1.54, 1.807) is 53.4 Å². The fourth-order valence-corrected chi connectivity index (χ4v) is 3.13. The topological polar surface area (TPSA) is 46.6 Å². The van der Waals surface area contributed by atoms with Crippen LogP contribution in [0.1, 0.15) is 29.8 Å². The van der Waals surface area contributed by atoms with Crippen LogP contribution in [-0.2, 0) is 4.79 Å². The third kappa shape index (κ3) is 5.24. The summed E-state index contributed by atoms with van der Waals surface area (Å²) in [6.07, 6.45) is 0. The Kier molecular flexibility index (Phi) is 6.68. The van der Waals surface area contributed by atoms with Gasteiger partial charge in [0.2, 0.25) is 0 Å². The van der Waals surface area contributed by atoms with E-state index in [9.17, 15) is 9.59 Å². The number of ketones is 1. The lowest BCUT2D eigenvalue weighted by Crippen LogP contribution is -2.40. The fourth-order valence-electron chi connectivity index (χ4n) is 3.00.